The lowest BCUT2D eigenvalue weighted by atomic mass is 10.1. The largest absolute Gasteiger partial charge is 0.469 e. The Kier molecular flexibility index (Phi) is 29.3. The van der Waals surface area contributed by atoms with E-state index in [9.17, 15) is 14.2 Å². The SMILES string of the molecule is CC/C=C\C/C=C\C/C=C\CCCCCCCC(=O)O[C@H](COC(=O)CCC/C=C\CC1OC1C/C=C\C/C=C\CCCCC)COP(=O)(O)O. The normalized spacial score (nSPS) is 17.3. The average molecular weight is 735 g/mol. The number of ether oxygens (including phenoxy) is 3. The molecule has 1 fully saturated rings. The molecule has 290 valence electrons. The lowest BCUT2D eigenvalue weighted by Gasteiger charge is -2.18. The molecule has 0 saturated carbocycles. The van der Waals surface area contributed by atoms with Crippen LogP contribution < -0.4 is 0 Å². The number of carbonyl (C=O) groups is 2. The summed E-state index contributed by atoms with van der Waals surface area (Å²) >= 11 is 0. The number of carbonyl (C=O) groups excluding carboxylic acids is 2. The van der Waals surface area contributed by atoms with Gasteiger partial charge in [-0.25, -0.2) is 4.57 Å². The Bertz CT molecular complexity index is 1120. The summed E-state index contributed by atoms with van der Waals surface area (Å²) in [5, 5.41) is 0. The highest BCUT2D eigenvalue weighted by molar-refractivity contribution is 7.46. The summed E-state index contributed by atoms with van der Waals surface area (Å²) in [6.07, 6.45) is 43.6. The summed E-state index contributed by atoms with van der Waals surface area (Å²) in [7, 11) is -4.78. The van der Waals surface area contributed by atoms with Gasteiger partial charge in [-0.3, -0.25) is 14.1 Å². The van der Waals surface area contributed by atoms with E-state index in [1.807, 2.05) is 6.08 Å². The molecule has 1 heterocycles. The topological polar surface area (TPSA) is 132 Å². The van der Waals surface area contributed by atoms with Gasteiger partial charge in [-0.05, 0) is 83.5 Å². The summed E-state index contributed by atoms with van der Waals surface area (Å²) in [4.78, 5) is 42.8. The van der Waals surface area contributed by atoms with Crippen LogP contribution in [0, 0.1) is 0 Å². The molecule has 0 amide bonds. The Labute approximate surface area is 308 Å². The summed E-state index contributed by atoms with van der Waals surface area (Å²) in [6.45, 7) is 3.45. The summed E-state index contributed by atoms with van der Waals surface area (Å²) in [5.74, 6) is -0.986. The fourth-order valence-electron chi connectivity index (χ4n) is 5.13. The predicted molar refractivity (Wildman–Crippen MR) is 206 cm³/mol. The van der Waals surface area contributed by atoms with Crippen LogP contribution in [0.2, 0.25) is 0 Å². The molecule has 3 atom stereocenters. The molecule has 0 radical (unpaired) electrons. The van der Waals surface area contributed by atoms with Crippen LogP contribution >= 0.6 is 7.82 Å². The fourth-order valence-corrected chi connectivity index (χ4v) is 5.49. The molecular weight excluding hydrogens is 667 g/mol. The van der Waals surface area contributed by atoms with Crippen molar-refractivity contribution >= 4 is 19.8 Å². The van der Waals surface area contributed by atoms with Crippen molar-refractivity contribution in [2.45, 2.75) is 161 Å². The van der Waals surface area contributed by atoms with Gasteiger partial charge in [-0.2, -0.15) is 0 Å². The number of esters is 2. The molecule has 0 bridgehead atoms. The van der Waals surface area contributed by atoms with Crippen molar-refractivity contribution < 1.29 is 42.7 Å². The average Bonchev–Trinajstić information content (AvgIpc) is 3.85. The van der Waals surface area contributed by atoms with Crippen molar-refractivity contribution in [1.29, 1.82) is 0 Å². The Hall–Kier alpha value is -2.55. The van der Waals surface area contributed by atoms with Gasteiger partial charge in [-0.15, -0.1) is 0 Å². The van der Waals surface area contributed by atoms with E-state index in [0.717, 1.165) is 77.0 Å². The van der Waals surface area contributed by atoms with Gasteiger partial charge in [0.15, 0.2) is 6.10 Å². The third-order valence-electron chi connectivity index (χ3n) is 8.11. The van der Waals surface area contributed by atoms with Crippen LogP contribution in [0.25, 0.3) is 0 Å². The lowest BCUT2D eigenvalue weighted by molar-refractivity contribution is -0.161. The van der Waals surface area contributed by atoms with E-state index in [2.05, 4.69) is 85.2 Å². The van der Waals surface area contributed by atoms with Gasteiger partial charge in [0.2, 0.25) is 0 Å². The molecule has 0 aliphatic carbocycles. The third kappa shape index (κ3) is 31.9. The molecule has 1 rings (SSSR count). The Morgan fingerprint density at radius 3 is 1.78 bits per heavy atom. The second-order valence-corrected chi connectivity index (χ2v) is 14.1. The molecule has 0 aromatic carbocycles. The highest BCUT2D eigenvalue weighted by Gasteiger charge is 2.36. The molecule has 0 aromatic heterocycles. The Balaban J connectivity index is 2.16. The maximum Gasteiger partial charge on any atom is 0.469 e. The molecule has 51 heavy (non-hydrogen) atoms. The van der Waals surface area contributed by atoms with Crippen LogP contribution in [-0.2, 0) is 32.9 Å². The molecule has 1 aliphatic heterocycles. The minimum atomic E-state index is -4.78. The minimum Gasteiger partial charge on any atom is -0.462 e. The molecule has 1 aliphatic rings. The highest BCUT2D eigenvalue weighted by atomic mass is 31.2. The smallest absolute Gasteiger partial charge is 0.462 e. The van der Waals surface area contributed by atoms with Crippen LogP contribution in [0.15, 0.2) is 72.9 Å². The van der Waals surface area contributed by atoms with Crippen LogP contribution in [0.4, 0.5) is 0 Å². The van der Waals surface area contributed by atoms with Crippen molar-refractivity contribution in [3.63, 3.8) is 0 Å². The van der Waals surface area contributed by atoms with Gasteiger partial charge in [0.1, 0.15) is 6.61 Å². The van der Waals surface area contributed by atoms with E-state index in [1.54, 1.807) is 0 Å². The van der Waals surface area contributed by atoms with Crippen molar-refractivity contribution in [3.8, 4) is 0 Å². The predicted octanol–water partition coefficient (Wildman–Crippen LogP) is 10.5. The first-order valence-electron chi connectivity index (χ1n) is 19.4. The quantitative estimate of drug-likeness (QED) is 0.0222. The van der Waals surface area contributed by atoms with Crippen LogP contribution in [-0.4, -0.2) is 53.3 Å². The van der Waals surface area contributed by atoms with Gasteiger partial charge in [0.25, 0.3) is 0 Å². The van der Waals surface area contributed by atoms with E-state index in [-0.39, 0.29) is 31.7 Å². The summed E-state index contributed by atoms with van der Waals surface area (Å²) in [6, 6.07) is 0. The fraction of sp³-hybridized carbons (Fsp3) is 0.659. The van der Waals surface area contributed by atoms with Gasteiger partial charge in [-0.1, -0.05) is 119 Å². The number of allylic oxidation sites excluding steroid dienone is 10. The number of unbranched alkanes of at least 4 members (excludes halogenated alkanes) is 9. The molecule has 10 heteroatoms. The molecular formula is C41H67O9P. The van der Waals surface area contributed by atoms with Gasteiger partial charge in [0, 0.05) is 12.8 Å². The van der Waals surface area contributed by atoms with Crippen LogP contribution in [0.5, 0.6) is 0 Å². The number of rotatable bonds is 33. The molecule has 1 saturated heterocycles. The molecule has 0 spiro atoms. The van der Waals surface area contributed by atoms with E-state index >= 15 is 0 Å². The van der Waals surface area contributed by atoms with Crippen molar-refractivity contribution in [2.75, 3.05) is 13.2 Å². The van der Waals surface area contributed by atoms with Crippen molar-refractivity contribution in [1.82, 2.24) is 0 Å². The number of phosphoric acid groups is 1. The van der Waals surface area contributed by atoms with Gasteiger partial charge < -0.3 is 24.0 Å². The van der Waals surface area contributed by atoms with Crippen LogP contribution in [0.1, 0.15) is 142 Å². The van der Waals surface area contributed by atoms with Crippen molar-refractivity contribution in [3.05, 3.63) is 72.9 Å². The first-order chi connectivity index (χ1) is 24.7. The first-order valence-corrected chi connectivity index (χ1v) is 20.9. The van der Waals surface area contributed by atoms with E-state index in [0.29, 0.717) is 19.3 Å². The highest BCUT2D eigenvalue weighted by Crippen LogP contribution is 2.36. The second-order valence-electron chi connectivity index (χ2n) is 12.9. The summed E-state index contributed by atoms with van der Waals surface area (Å²) in [5.41, 5.74) is 0. The van der Waals surface area contributed by atoms with Gasteiger partial charge >= 0.3 is 19.8 Å². The zero-order valence-electron chi connectivity index (χ0n) is 31.4. The molecule has 2 N–H and O–H groups in total. The van der Waals surface area contributed by atoms with E-state index in [4.69, 9.17) is 24.0 Å². The Morgan fingerprint density at radius 1 is 0.627 bits per heavy atom. The molecule has 0 aromatic rings. The van der Waals surface area contributed by atoms with E-state index < -0.39 is 32.5 Å². The number of hydrogen-bond acceptors (Lipinski definition) is 7. The summed E-state index contributed by atoms with van der Waals surface area (Å²) < 4.78 is 32.0. The second kappa shape index (κ2) is 32.1. The van der Waals surface area contributed by atoms with E-state index in [1.165, 1.54) is 19.3 Å². The standard InChI is InChI=1S/C41H67O9P/c1-3-5-7-9-11-13-14-15-16-17-18-20-22-24-30-34-41(43)49-37(36-48-51(44,45)46)35-47-40(42)33-29-26-25-28-32-39-38(50-39)31-27-23-21-19-12-10-8-6-4-2/h5,7,11-13,15-16,19,23,25,27-28,37-39H,3-4,6,8-10,14,17-18,20-22,24,26,29-36H2,1-2H3,(H2,44,45,46)/b7-5-,13-11-,16-15-,19-12-,27-23-,28-25-/t37-,38?,39?/m1/s1. The molecule has 9 nitrogen and oxygen atoms in total. The van der Waals surface area contributed by atoms with Crippen molar-refractivity contribution in [2.24, 2.45) is 0 Å². The third-order valence-corrected chi connectivity index (χ3v) is 8.60. The zero-order valence-corrected chi connectivity index (χ0v) is 32.3. The monoisotopic (exact) mass is 734 g/mol. The van der Waals surface area contributed by atoms with Gasteiger partial charge in [0.05, 0.1) is 18.8 Å². The first kappa shape index (κ1) is 46.5. The molecule has 2 unspecified atom stereocenters. The minimum absolute atomic E-state index is 0.173. The lowest BCUT2D eigenvalue weighted by Crippen LogP contribution is -2.29. The number of phosphoric ester groups is 1. The maximum absolute atomic E-state index is 12.4. The maximum atomic E-state index is 12.4. The van der Waals surface area contributed by atoms with Crippen LogP contribution in [0.3, 0.4) is 0 Å². The number of epoxide rings is 1. The number of hydrogen-bond donors (Lipinski definition) is 2. The Morgan fingerprint density at radius 2 is 1.14 bits per heavy atom. The zero-order chi connectivity index (χ0) is 37.3.